The molecule has 1 saturated heterocycles. The molecule has 1 fully saturated rings. The molecule has 0 saturated carbocycles. The Kier molecular flexibility index (Phi) is 4.48. The Morgan fingerprint density at radius 3 is 2.56 bits per heavy atom. The lowest BCUT2D eigenvalue weighted by atomic mass is 10.1. The predicted octanol–water partition coefficient (Wildman–Crippen LogP) is 3.75. The normalized spacial score (nSPS) is 14.5. The minimum Gasteiger partial charge on any atom is -0.508 e. The van der Waals surface area contributed by atoms with Crippen molar-refractivity contribution in [2.24, 2.45) is 0 Å². The molecule has 6 heteroatoms. The molecule has 2 N–H and O–H groups in total. The Morgan fingerprint density at radius 1 is 1.04 bits per heavy atom. The number of nitrogens with one attached hydrogen (secondary N) is 1. The number of anilines is 3. The molecule has 0 unspecified atom stereocenters. The molecule has 1 aromatic carbocycles. The molecule has 3 heterocycles. The number of aryl methyl sites for hydroxylation is 2. The van der Waals surface area contributed by atoms with Crippen LogP contribution < -0.4 is 15.8 Å². The van der Waals surface area contributed by atoms with E-state index in [1.54, 1.807) is 22.6 Å². The van der Waals surface area contributed by atoms with Crippen molar-refractivity contribution in [1.82, 2.24) is 9.38 Å². The van der Waals surface area contributed by atoms with Crippen molar-refractivity contribution < 1.29 is 5.11 Å². The SMILES string of the molecule is Cc1cc(Nc2ccc(O)cc2C)c2nc(N3CCCCC3)cc(=O)n2c1. The van der Waals surface area contributed by atoms with Crippen LogP contribution in [0.1, 0.15) is 30.4 Å². The van der Waals surface area contributed by atoms with Gasteiger partial charge in [0.15, 0.2) is 5.65 Å². The molecule has 0 bridgehead atoms. The van der Waals surface area contributed by atoms with Crippen LogP contribution in [0.4, 0.5) is 17.2 Å². The number of phenols is 1. The van der Waals surface area contributed by atoms with Crippen molar-refractivity contribution in [1.29, 1.82) is 0 Å². The maximum atomic E-state index is 12.7. The molecule has 0 aliphatic carbocycles. The zero-order chi connectivity index (χ0) is 19.0. The summed E-state index contributed by atoms with van der Waals surface area (Å²) in [6.07, 6.45) is 5.31. The highest BCUT2D eigenvalue weighted by atomic mass is 16.3. The number of nitrogens with zero attached hydrogens (tertiary/aromatic N) is 3. The fraction of sp³-hybridized carbons (Fsp3) is 0.333. The summed E-state index contributed by atoms with van der Waals surface area (Å²) in [7, 11) is 0. The molecule has 2 aromatic heterocycles. The van der Waals surface area contributed by atoms with Gasteiger partial charge in [-0.2, -0.15) is 0 Å². The van der Waals surface area contributed by atoms with Gasteiger partial charge in [0.05, 0.1) is 5.69 Å². The van der Waals surface area contributed by atoms with Crippen molar-refractivity contribution in [2.75, 3.05) is 23.3 Å². The molecule has 0 atom stereocenters. The number of benzene rings is 1. The van der Waals surface area contributed by atoms with E-state index in [9.17, 15) is 9.90 Å². The number of pyridine rings is 1. The monoisotopic (exact) mass is 364 g/mol. The van der Waals surface area contributed by atoms with Gasteiger partial charge in [-0.05, 0) is 68.5 Å². The van der Waals surface area contributed by atoms with Crippen molar-refractivity contribution in [2.45, 2.75) is 33.1 Å². The van der Waals surface area contributed by atoms with Crippen molar-refractivity contribution in [3.63, 3.8) is 0 Å². The number of hydrogen-bond acceptors (Lipinski definition) is 5. The number of piperidine rings is 1. The Balaban J connectivity index is 1.83. The zero-order valence-electron chi connectivity index (χ0n) is 15.7. The van der Waals surface area contributed by atoms with E-state index in [1.165, 1.54) is 6.42 Å². The third-order valence-corrected chi connectivity index (χ3v) is 5.04. The van der Waals surface area contributed by atoms with Crippen molar-refractivity contribution >= 4 is 22.8 Å². The van der Waals surface area contributed by atoms with E-state index in [0.717, 1.165) is 54.3 Å². The number of phenolic OH excluding ortho intramolecular Hbond substituents is 1. The van der Waals surface area contributed by atoms with Gasteiger partial charge in [-0.3, -0.25) is 9.20 Å². The summed E-state index contributed by atoms with van der Waals surface area (Å²) >= 11 is 0. The van der Waals surface area contributed by atoms with Gasteiger partial charge in [-0.1, -0.05) is 0 Å². The maximum Gasteiger partial charge on any atom is 0.260 e. The summed E-state index contributed by atoms with van der Waals surface area (Å²) in [6.45, 7) is 5.76. The number of fused-ring (bicyclic) bond motifs is 1. The largest absolute Gasteiger partial charge is 0.508 e. The Labute approximate surface area is 158 Å². The van der Waals surface area contributed by atoms with Crippen molar-refractivity contribution in [3.8, 4) is 5.75 Å². The summed E-state index contributed by atoms with van der Waals surface area (Å²) < 4.78 is 1.60. The lowest BCUT2D eigenvalue weighted by Gasteiger charge is -2.27. The smallest absolute Gasteiger partial charge is 0.260 e. The third kappa shape index (κ3) is 3.47. The number of aromatic hydroxyl groups is 1. The Hall–Kier alpha value is -3.02. The molecular weight excluding hydrogens is 340 g/mol. The molecule has 1 aliphatic rings. The van der Waals surface area contributed by atoms with E-state index < -0.39 is 0 Å². The first-order valence-electron chi connectivity index (χ1n) is 9.37. The summed E-state index contributed by atoms with van der Waals surface area (Å²) in [5, 5.41) is 13.0. The van der Waals surface area contributed by atoms with Gasteiger partial charge in [-0.25, -0.2) is 4.98 Å². The molecule has 140 valence electrons. The Bertz CT molecular complexity index is 1050. The second-order valence-electron chi connectivity index (χ2n) is 7.25. The first kappa shape index (κ1) is 17.4. The lowest BCUT2D eigenvalue weighted by Crippen LogP contribution is -2.32. The van der Waals surface area contributed by atoms with Crippen LogP contribution in [0, 0.1) is 13.8 Å². The molecule has 0 amide bonds. The van der Waals surface area contributed by atoms with Gasteiger partial charge in [0, 0.05) is 31.0 Å². The average Bonchev–Trinajstić information content (AvgIpc) is 2.65. The molecule has 4 rings (SSSR count). The zero-order valence-corrected chi connectivity index (χ0v) is 15.7. The van der Waals surface area contributed by atoms with Crippen LogP contribution in [-0.2, 0) is 0 Å². The van der Waals surface area contributed by atoms with E-state index in [0.29, 0.717) is 5.65 Å². The van der Waals surface area contributed by atoms with Crippen LogP contribution in [0.15, 0.2) is 41.3 Å². The molecule has 27 heavy (non-hydrogen) atoms. The minimum atomic E-state index is -0.0743. The highest BCUT2D eigenvalue weighted by Gasteiger charge is 2.16. The highest BCUT2D eigenvalue weighted by molar-refractivity contribution is 5.76. The molecule has 0 spiro atoms. The first-order chi connectivity index (χ1) is 13.0. The molecule has 0 radical (unpaired) electrons. The van der Waals surface area contributed by atoms with Crippen LogP contribution in [0.25, 0.3) is 5.65 Å². The van der Waals surface area contributed by atoms with Crippen LogP contribution in [-0.4, -0.2) is 27.6 Å². The van der Waals surface area contributed by atoms with E-state index in [1.807, 2.05) is 32.2 Å². The van der Waals surface area contributed by atoms with E-state index in [4.69, 9.17) is 4.98 Å². The topological polar surface area (TPSA) is 69.9 Å². The fourth-order valence-corrected chi connectivity index (χ4v) is 3.64. The van der Waals surface area contributed by atoms with Crippen LogP contribution in [0.3, 0.4) is 0 Å². The third-order valence-electron chi connectivity index (χ3n) is 5.04. The number of hydrogen-bond donors (Lipinski definition) is 2. The second kappa shape index (κ2) is 6.95. The highest BCUT2D eigenvalue weighted by Crippen LogP contribution is 2.27. The molecule has 1 aliphatic heterocycles. The van der Waals surface area contributed by atoms with Crippen LogP contribution in [0.2, 0.25) is 0 Å². The van der Waals surface area contributed by atoms with Gasteiger partial charge in [0.25, 0.3) is 5.56 Å². The summed E-state index contributed by atoms with van der Waals surface area (Å²) in [4.78, 5) is 19.8. The van der Waals surface area contributed by atoms with E-state index >= 15 is 0 Å². The summed E-state index contributed by atoms with van der Waals surface area (Å²) in [5.74, 6) is 0.975. The molecule has 3 aromatic rings. The van der Waals surface area contributed by atoms with Gasteiger partial charge >= 0.3 is 0 Å². The van der Waals surface area contributed by atoms with Gasteiger partial charge in [-0.15, -0.1) is 0 Å². The quantitative estimate of drug-likeness (QED) is 0.693. The Morgan fingerprint density at radius 2 is 1.81 bits per heavy atom. The summed E-state index contributed by atoms with van der Waals surface area (Å²) in [6, 6.07) is 8.81. The predicted molar refractivity (Wildman–Crippen MR) is 108 cm³/mol. The second-order valence-corrected chi connectivity index (χ2v) is 7.25. The lowest BCUT2D eigenvalue weighted by molar-refractivity contribution is 0.475. The minimum absolute atomic E-state index is 0.0743. The van der Waals surface area contributed by atoms with Gasteiger partial charge in [0.1, 0.15) is 11.6 Å². The average molecular weight is 364 g/mol. The summed E-state index contributed by atoms with van der Waals surface area (Å²) in [5.41, 5.74) is 4.08. The first-order valence-corrected chi connectivity index (χ1v) is 9.37. The number of rotatable bonds is 3. The fourth-order valence-electron chi connectivity index (χ4n) is 3.64. The molecular formula is C21H24N4O2. The molecule has 6 nitrogen and oxygen atoms in total. The van der Waals surface area contributed by atoms with Gasteiger partial charge < -0.3 is 15.3 Å². The standard InChI is InChI=1S/C21H24N4O2/c1-14-10-18(22-17-7-6-16(26)11-15(17)2)21-23-19(12-20(27)25(21)13-14)24-8-4-3-5-9-24/h6-7,10-13,22,26H,3-5,8-9H2,1-2H3. The van der Waals surface area contributed by atoms with Gasteiger partial charge in [0.2, 0.25) is 0 Å². The van der Waals surface area contributed by atoms with E-state index in [2.05, 4.69) is 10.2 Å². The van der Waals surface area contributed by atoms with Crippen LogP contribution in [0.5, 0.6) is 5.75 Å². The maximum absolute atomic E-state index is 12.7. The van der Waals surface area contributed by atoms with E-state index in [-0.39, 0.29) is 11.3 Å². The number of aromatic nitrogens is 2. The van der Waals surface area contributed by atoms with Crippen molar-refractivity contribution in [3.05, 3.63) is 58.0 Å². The van der Waals surface area contributed by atoms with Crippen LogP contribution >= 0.6 is 0 Å².